The topological polar surface area (TPSA) is 100 Å². The molecule has 0 aliphatic rings. The van der Waals surface area contributed by atoms with E-state index in [4.69, 9.17) is 0 Å². The molecule has 31 heavy (non-hydrogen) atoms. The molecular weight excluding hydrogens is 419 g/mol. The standard InChI is InChI=1S/C22H21FN4O3S/c1-12(2)20(29)25-15-6-4-14(5-7-15)21(30)27-22-26-19(11-31-22)17-9-8-16(10-18(17)23)24-13(3)28/h4-12H,1-3H3,(H,24,28)(H,25,29)(H,26,27,30). The highest BCUT2D eigenvalue weighted by atomic mass is 32.1. The maximum atomic E-state index is 14.4. The van der Waals surface area contributed by atoms with Gasteiger partial charge in [-0.2, -0.15) is 0 Å². The number of amides is 3. The molecule has 0 aliphatic carbocycles. The molecule has 3 N–H and O–H groups in total. The molecule has 7 nitrogen and oxygen atoms in total. The molecule has 0 saturated carbocycles. The van der Waals surface area contributed by atoms with Gasteiger partial charge in [0.15, 0.2) is 5.13 Å². The fourth-order valence-electron chi connectivity index (χ4n) is 2.62. The monoisotopic (exact) mass is 440 g/mol. The number of nitrogens with one attached hydrogen (secondary N) is 3. The molecule has 160 valence electrons. The van der Waals surface area contributed by atoms with Gasteiger partial charge in [0.2, 0.25) is 11.8 Å². The number of rotatable bonds is 6. The molecule has 0 radical (unpaired) electrons. The van der Waals surface area contributed by atoms with E-state index < -0.39 is 5.82 Å². The Balaban J connectivity index is 1.67. The van der Waals surface area contributed by atoms with Gasteiger partial charge in [0, 0.05) is 40.7 Å². The van der Waals surface area contributed by atoms with Gasteiger partial charge >= 0.3 is 0 Å². The van der Waals surface area contributed by atoms with Crippen LogP contribution in [0.15, 0.2) is 47.8 Å². The Bertz CT molecular complexity index is 1130. The van der Waals surface area contributed by atoms with Crippen LogP contribution in [0.4, 0.5) is 20.9 Å². The minimum absolute atomic E-state index is 0.107. The molecule has 0 aliphatic heterocycles. The molecule has 0 unspecified atom stereocenters. The van der Waals surface area contributed by atoms with Crippen molar-refractivity contribution in [2.24, 2.45) is 5.92 Å². The Hall–Kier alpha value is -3.59. The second-order valence-electron chi connectivity index (χ2n) is 7.09. The number of nitrogens with zero attached hydrogens (tertiary/aromatic N) is 1. The van der Waals surface area contributed by atoms with E-state index in [1.807, 2.05) is 0 Å². The number of hydrogen-bond donors (Lipinski definition) is 3. The van der Waals surface area contributed by atoms with Crippen LogP contribution >= 0.6 is 11.3 Å². The Kier molecular flexibility index (Phi) is 6.76. The molecule has 9 heteroatoms. The molecule has 0 bridgehead atoms. The molecule has 3 aromatic rings. The van der Waals surface area contributed by atoms with Gasteiger partial charge in [-0.1, -0.05) is 13.8 Å². The summed E-state index contributed by atoms with van der Waals surface area (Å²) in [6.45, 7) is 4.93. The number of thiazole rings is 1. The second kappa shape index (κ2) is 9.48. The van der Waals surface area contributed by atoms with Crippen LogP contribution in [-0.2, 0) is 9.59 Å². The largest absolute Gasteiger partial charge is 0.326 e. The third-order valence-corrected chi connectivity index (χ3v) is 4.99. The van der Waals surface area contributed by atoms with Gasteiger partial charge in [0.05, 0.1) is 5.69 Å². The Morgan fingerprint density at radius 1 is 0.968 bits per heavy atom. The van der Waals surface area contributed by atoms with Crippen molar-refractivity contribution in [2.45, 2.75) is 20.8 Å². The quantitative estimate of drug-likeness (QED) is 0.515. The van der Waals surface area contributed by atoms with Crippen LogP contribution in [0, 0.1) is 11.7 Å². The average molecular weight is 441 g/mol. The van der Waals surface area contributed by atoms with E-state index >= 15 is 0 Å². The normalized spacial score (nSPS) is 10.6. The number of benzene rings is 2. The van der Waals surface area contributed by atoms with Crippen molar-refractivity contribution in [2.75, 3.05) is 16.0 Å². The lowest BCUT2D eigenvalue weighted by Gasteiger charge is -2.08. The average Bonchev–Trinajstić information content (AvgIpc) is 3.16. The molecule has 0 saturated heterocycles. The summed E-state index contributed by atoms with van der Waals surface area (Å²) in [5, 5.41) is 9.92. The molecule has 3 amide bonds. The van der Waals surface area contributed by atoms with E-state index in [1.54, 1.807) is 49.6 Å². The van der Waals surface area contributed by atoms with Crippen LogP contribution < -0.4 is 16.0 Å². The molecule has 0 atom stereocenters. The molecule has 3 rings (SSSR count). The zero-order chi connectivity index (χ0) is 22.5. The van der Waals surface area contributed by atoms with Gasteiger partial charge in [-0.3, -0.25) is 19.7 Å². The lowest BCUT2D eigenvalue weighted by atomic mass is 10.1. The van der Waals surface area contributed by atoms with Crippen LogP contribution in [0.2, 0.25) is 0 Å². The number of hydrogen-bond acceptors (Lipinski definition) is 5. The van der Waals surface area contributed by atoms with Crippen molar-refractivity contribution in [3.05, 3.63) is 59.2 Å². The molecule has 0 spiro atoms. The first-order valence-electron chi connectivity index (χ1n) is 9.48. The zero-order valence-electron chi connectivity index (χ0n) is 17.2. The molecule has 1 heterocycles. The predicted octanol–water partition coefficient (Wildman–Crippen LogP) is 4.75. The third kappa shape index (κ3) is 5.73. The third-order valence-electron chi connectivity index (χ3n) is 4.23. The SMILES string of the molecule is CC(=O)Nc1ccc(-c2csc(NC(=O)c3ccc(NC(=O)C(C)C)cc3)n2)c(F)c1. The Morgan fingerprint density at radius 3 is 2.26 bits per heavy atom. The fraction of sp³-hybridized carbons (Fsp3) is 0.182. The van der Waals surface area contributed by atoms with Gasteiger partial charge in [0.25, 0.3) is 5.91 Å². The Morgan fingerprint density at radius 2 is 1.65 bits per heavy atom. The summed E-state index contributed by atoms with van der Waals surface area (Å²) in [5.41, 5.74) is 1.98. The summed E-state index contributed by atoms with van der Waals surface area (Å²) in [6, 6.07) is 10.8. The summed E-state index contributed by atoms with van der Waals surface area (Å²) in [6.07, 6.45) is 0. The molecule has 2 aromatic carbocycles. The second-order valence-corrected chi connectivity index (χ2v) is 7.95. The van der Waals surface area contributed by atoms with E-state index in [1.165, 1.54) is 30.4 Å². The summed E-state index contributed by atoms with van der Waals surface area (Å²) < 4.78 is 14.4. The number of carbonyl (C=O) groups excluding carboxylic acids is 3. The van der Waals surface area contributed by atoms with Crippen LogP contribution in [0.1, 0.15) is 31.1 Å². The van der Waals surface area contributed by atoms with Crippen LogP contribution in [0.25, 0.3) is 11.3 Å². The Labute approximate surface area is 182 Å². The number of carbonyl (C=O) groups is 3. The first-order chi connectivity index (χ1) is 14.7. The predicted molar refractivity (Wildman–Crippen MR) is 120 cm³/mol. The minimum Gasteiger partial charge on any atom is -0.326 e. The maximum absolute atomic E-state index is 14.4. The molecule has 0 fully saturated rings. The van der Waals surface area contributed by atoms with E-state index in [-0.39, 0.29) is 29.2 Å². The summed E-state index contributed by atoms with van der Waals surface area (Å²) in [4.78, 5) is 39.6. The first kappa shape index (κ1) is 22.1. The van der Waals surface area contributed by atoms with E-state index in [0.29, 0.717) is 27.8 Å². The summed E-state index contributed by atoms with van der Waals surface area (Å²) in [7, 11) is 0. The van der Waals surface area contributed by atoms with Crippen molar-refractivity contribution in [3.8, 4) is 11.3 Å². The summed E-state index contributed by atoms with van der Waals surface area (Å²) in [5.74, 6) is -1.45. The van der Waals surface area contributed by atoms with E-state index in [9.17, 15) is 18.8 Å². The van der Waals surface area contributed by atoms with Gasteiger partial charge in [-0.05, 0) is 42.5 Å². The van der Waals surface area contributed by atoms with Crippen molar-refractivity contribution in [3.63, 3.8) is 0 Å². The zero-order valence-corrected chi connectivity index (χ0v) is 18.0. The van der Waals surface area contributed by atoms with Crippen molar-refractivity contribution in [1.82, 2.24) is 4.98 Å². The fourth-order valence-corrected chi connectivity index (χ4v) is 3.33. The van der Waals surface area contributed by atoms with Crippen LogP contribution in [-0.4, -0.2) is 22.7 Å². The maximum Gasteiger partial charge on any atom is 0.257 e. The van der Waals surface area contributed by atoms with E-state index in [0.717, 1.165) is 0 Å². The van der Waals surface area contributed by atoms with Crippen molar-refractivity contribution < 1.29 is 18.8 Å². The van der Waals surface area contributed by atoms with Crippen LogP contribution in [0.5, 0.6) is 0 Å². The van der Waals surface area contributed by atoms with Gasteiger partial charge in [-0.25, -0.2) is 9.37 Å². The van der Waals surface area contributed by atoms with Crippen molar-refractivity contribution >= 4 is 45.6 Å². The van der Waals surface area contributed by atoms with Gasteiger partial charge < -0.3 is 10.6 Å². The van der Waals surface area contributed by atoms with Gasteiger partial charge in [-0.15, -0.1) is 11.3 Å². The number of halogens is 1. The highest BCUT2D eigenvalue weighted by Gasteiger charge is 2.14. The highest BCUT2D eigenvalue weighted by Crippen LogP contribution is 2.29. The van der Waals surface area contributed by atoms with Crippen molar-refractivity contribution in [1.29, 1.82) is 0 Å². The minimum atomic E-state index is -0.534. The molecule has 1 aromatic heterocycles. The molecular formula is C22H21FN4O3S. The lowest BCUT2D eigenvalue weighted by molar-refractivity contribution is -0.119. The highest BCUT2D eigenvalue weighted by molar-refractivity contribution is 7.14. The van der Waals surface area contributed by atoms with Crippen LogP contribution in [0.3, 0.4) is 0 Å². The summed E-state index contributed by atoms with van der Waals surface area (Å²) >= 11 is 1.17. The van der Waals surface area contributed by atoms with E-state index in [2.05, 4.69) is 20.9 Å². The smallest absolute Gasteiger partial charge is 0.257 e. The lowest BCUT2D eigenvalue weighted by Crippen LogP contribution is -2.18. The first-order valence-corrected chi connectivity index (χ1v) is 10.4. The number of aromatic nitrogens is 1. The van der Waals surface area contributed by atoms with Gasteiger partial charge in [0.1, 0.15) is 5.82 Å². The number of anilines is 3.